The molecule has 0 bridgehead atoms. The van der Waals surface area contributed by atoms with Crippen LogP contribution in [0.3, 0.4) is 0 Å². The Morgan fingerprint density at radius 3 is 2.59 bits per heavy atom. The SMILES string of the molecule is CC1(C)C[C@H](Nc2ccccc2)[C@H](C#N)C1=O. The summed E-state index contributed by atoms with van der Waals surface area (Å²) < 4.78 is 0. The van der Waals surface area contributed by atoms with E-state index in [1.54, 1.807) is 0 Å². The molecular formula is C14H16N2O. The zero-order chi connectivity index (χ0) is 12.5. The predicted molar refractivity (Wildman–Crippen MR) is 66.4 cm³/mol. The molecule has 0 radical (unpaired) electrons. The first kappa shape index (κ1) is 11.7. The van der Waals surface area contributed by atoms with Crippen molar-refractivity contribution in [2.75, 3.05) is 5.32 Å². The number of nitriles is 1. The molecule has 1 aromatic carbocycles. The summed E-state index contributed by atoms with van der Waals surface area (Å²) in [5.74, 6) is -0.487. The number of carbonyl (C=O) groups is 1. The van der Waals surface area contributed by atoms with Gasteiger partial charge in [0.15, 0.2) is 5.78 Å². The van der Waals surface area contributed by atoms with E-state index in [0.29, 0.717) is 6.42 Å². The molecule has 88 valence electrons. The molecule has 0 unspecified atom stereocenters. The molecule has 1 aromatic rings. The van der Waals surface area contributed by atoms with Gasteiger partial charge in [0, 0.05) is 17.1 Å². The Bertz CT molecular complexity index is 459. The van der Waals surface area contributed by atoms with Gasteiger partial charge in [-0.2, -0.15) is 5.26 Å². The molecule has 1 aliphatic rings. The lowest BCUT2D eigenvalue weighted by atomic mass is 9.89. The second kappa shape index (κ2) is 4.21. The van der Waals surface area contributed by atoms with Crippen LogP contribution in [0.15, 0.2) is 30.3 Å². The minimum Gasteiger partial charge on any atom is -0.380 e. The van der Waals surface area contributed by atoms with Crippen LogP contribution in [0.2, 0.25) is 0 Å². The van der Waals surface area contributed by atoms with Crippen LogP contribution in [0.4, 0.5) is 5.69 Å². The lowest BCUT2D eigenvalue weighted by Gasteiger charge is -2.17. The second-order valence-corrected chi connectivity index (χ2v) is 5.18. The highest BCUT2D eigenvalue weighted by atomic mass is 16.1. The summed E-state index contributed by atoms with van der Waals surface area (Å²) in [6, 6.07) is 11.8. The monoisotopic (exact) mass is 228 g/mol. The molecule has 1 aliphatic carbocycles. The van der Waals surface area contributed by atoms with Crippen molar-refractivity contribution >= 4 is 11.5 Å². The number of hydrogen-bond acceptors (Lipinski definition) is 3. The number of ketones is 1. The fourth-order valence-corrected chi connectivity index (χ4v) is 2.40. The smallest absolute Gasteiger partial charge is 0.157 e. The summed E-state index contributed by atoms with van der Waals surface area (Å²) in [6.07, 6.45) is 0.707. The first-order chi connectivity index (χ1) is 8.04. The van der Waals surface area contributed by atoms with Gasteiger partial charge < -0.3 is 5.32 Å². The number of carbonyl (C=O) groups excluding carboxylic acids is 1. The van der Waals surface area contributed by atoms with Crippen molar-refractivity contribution in [1.82, 2.24) is 0 Å². The number of anilines is 1. The number of hydrogen-bond donors (Lipinski definition) is 1. The first-order valence-electron chi connectivity index (χ1n) is 5.80. The van der Waals surface area contributed by atoms with E-state index in [-0.39, 0.29) is 11.8 Å². The maximum atomic E-state index is 12.0. The van der Waals surface area contributed by atoms with Gasteiger partial charge in [0.1, 0.15) is 5.92 Å². The van der Waals surface area contributed by atoms with Gasteiger partial charge in [-0.1, -0.05) is 32.0 Å². The first-order valence-corrected chi connectivity index (χ1v) is 5.80. The molecule has 3 heteroatoms. The molecule has 1 saturated carbocycles. The van der Waals surface area contributed by atoms with E-state index in [4.69, 9.17) is 5.26 Å². The van der Waals surface area contributed by atoms with E-state index >= 15 is 0 Å². The number of benzene rings is 1. The minimum atomic E-state index is -0.537. The number of nitrogens with one attached hydrogen (secondary N) is 1. The van der Waals surface area contributed by atoms with Crippen LogP contribution < -0.4 is 5.32 Å². The summed E-state index contributed by atoms with van der Waals surface area (Å²) in [4.78, 5) is 12.0. The van der Waals surface area contributed by atoms with Gasteiger partial charge >= 0.3 is 0 Å². The van der Waals surface area contributed by atoms with Crippen molar-refractivity contribution in [1.29, 1.82) is 5.26 Å². The zero-order valence-electron chi connectivity index (χ0n) is 10.1. The molecule has 3 nitrogen and oxygen atoms in total. The standard InChI is InChI=1S/C14H16N2O/c1-14(2)8-12(11(9-15)13(14)17)16-10-6-4-3-5-7-10/h3-7,11-12,16H,8H2,1-2H3/t11-,12-/m0/s1. The van der Waals surface area contributed by atoms with Crippen LogP contribution in [-0.4, -0.2) is 11.8 Å². The average molecular weight is 228 g/mol. The van der Waals surface area contributed by atoms with Gasteiger partial charge in [-0.25, -0.2) is 0 Å². The molecule has 2 atom stereocenters. The molecule has 0 heterocycles. The van der Waals surface area contributed by atoms with Crippen LogP contribution in [0.25, 0.3) is 0 Å². The molecule has 0 saturated heterocycles. The molecule has 0 amide bonds. The van der Waals surface area contributed by atoms with Crippen molar-refractivity contribution in [3.8, 4) is 6.07 Å². The molecule has 0 spiro atoms. The number of rotatable bonds is 2. The van der Waals surface area contributed by atoms with E-state index in [1.165, 1.54) is 0 Å². The van der Waals surface area contributed by atoms with Crippen molar-refractivity contribution in [3.63, 3.8) is 0 Å². The van der Waals surface area contributed by atoms with Gasteiger partial charge in [0.05, 0.1) is 6.07 Å². The largest absolute Gasteiger partial charge is 0.380 e. The van der Waals surface area contributed by atoms with Crippen LogP contribution >= 0.6 is 0 Å². The Labute approximate surface area is 101 Å². The maximum absolute atomic E-state index is 12.0. The molecule has 0 aliphatic heterocycles. The second-order valence-electron chi connectivity index (χ2n) is 5.18. The van der Waals surface area contributed by atoms with E-state index in [0.717, 1.165) is 5.69 Å². The molecule has 1 fully saturated rings. The van der Waals surface area contributed by atoms with Crippen molar-refractivity contribution in [3.05, 3.63) is 30.3 Å². The molecule has 17 heavy (non-hydrogen) atoms. The summed E-state index contributed by atoms with van der Waals surface area (Å²) in [7, 11) is 0. The molecular weight excluding hydrogens is 212 g/mol. The highest BCUT2D eigenvalue weighted by Crippen LogP contribution is 2.38. The highest BCUT2D eigenvalue weighted by molar-refractivity contribution is 5.92. The van der Waals surface area contributed by atoms with E-state index in [2.05, 4.69) is 11.4 Å². The van der Waals surface area contributed by atoms with Crippen molar-refractivity contribution in [2.45, 2.75) is 26.3 Å². The number of para-hydroxylation sites is 1. The number of nitrogens with zero attached hydrogens (tertiary/aromatic N) is 1. The third-order valence-electron chi connectivity index (χ3n) is 3.35. The van der Waals surface area contributed by atoms with E-state index in [1.807, 2.05) is 44.2 Å². The van der Waals surface area contributed by atoms with Gasteiger partial charge in [-0.15, -0.1) is 0 Å². The third-order valence-corrected chi connectivity index (χ3v) is 3.35. The molecule has 1 N–H and O–H groups in total. The molecule has 2 rings (SSSR count). The summed E-state index contributed by atoms with van der Waals surface area (Å²) in [5.41, 5.74) is 0.565. The lowest BCUT2D eigenvalue weighted by molar-refractivity contribution is -0.126. The van der Waals surface area contributed by atoms with Crippen LogP contribution in [0.1, 0.15) is 20.3 Å². The fraction of sp³-hybridized carbons (Fsp3) is 0.429. The summed E-state index contributed by atoms with van der Waals surface area (Å²) in [5, 5.41) is 12.4. The summed E-state index contributed by atoms with van der Waals surface area (Å²) >= 11 is 0. The van der Waals surface area contributed by atoms with E-state index < -0.39 is 11.3 Å². The Morgan fingerprint density at radius 2 is 2.00 bits per heavy atom. The predicted octanol–water partition coefficient (Wildman–Crippen LogP) is 2.61. The van der Waals surface area contributed by atoms with Crippen molar-refractivity contribution in [2.24, 2.45) is 11.3 Å². The maximum Gasteiger partial charge on any atom is 0.157 e. The van der Waals surface area contributed by atoms with Crippen LogP contribution in [0, 0.1) is 22.7 Å². The van der Waals surface area contributed by atoms with Crippen LogP contribution in [-0.2, 0) is 4.79 Å². The van der Waals surface area contributed by atoms with E-state index in [9.17, 15) is 4.79 Å². The van der Waals surface area contributed by atoms with Gasteiger partial charge in [-0.05, 0) is 18.6 Å². The minimum absolute atomic E-state index is 0.0495. The molecule has 0 aromatic heterocycles. The summed E-state index contributed by atoms with van der Waals surface area (Å²) in [6.45, 7) is 3.82. The number of Topliss-reactive ketones (excluding diaryl/α,β-unsaturated/α-hetero) is 1. The van der Waals surface area contributed by atoms with Crippen LogP contribution in [0.5, 0.6) is 0 Å². The Morgan fingerprint density at radius 1 is 1.35 bits per heavy atom. The topological polar surface area (TPSA) is 52.9 Å². The lowest BCUT2D eigenvalue weighted by Crippen LogP contribution is -2.26. The zero-order valence-corrected chi connectivity index (χ0v) is 10.1. The Balaban J connectivity index is 2.18. The van der Waals surface area contributed by atoms with Crippen molar-refractivity contribution < 1.29 is 4.79 Å². The Hall–Kier alpha value is -1.82. The average Bonchev–Trinajstić information content (AvgIpc) is 2.51. The highest BCUT2D eigenvalue weighted by Gasteiger charge is 2.47. The van der Waals surface area contributed by atoms with Gasteiger partial charge in [-0.3, -0.25) is 4.79 Å². The van der Waals surface area contributed by atoms with Gasteiger partial charge in [0.2, 0.25) is 0 Å². The third kappa shape index (κ3) is 2.16. The Kier molecular flexibility index (Phi) is 2.89. The normalized spacial score (nSPS) is 26.5. The van der Waals surface area contributed by atoms with Gasteiger partial charge in [0.25, 0.3) is 0 Å². The fourth-order valence-electron chi connectivity index (χ4n) is 2.40. The quantitative estimate of drug-likeness (QED) is 0.846.